The van der Waals surface area contributed by atoms with E-state index in [-0.39, 0.29) is 62.0 Å². The van der Waals surface area contributed by atoms with E-state index in [4.69, 9.17) is 4.74 Å². The highest BCUT2D eigenvalue weighted by Gasteiger charge is 2.28. The summed E-state index contributed by atoms with van der Waals surface area (Å²) in [4.78, 5) is 98.4. The Morgan fingerprint density at radius 2 is 0.582 bits per heavy atom. The quantitative estimate of drug-likeness (QED) is 0.0194. The molecule has 630 valence electrons. The zero-order chi connectivity index (χ0) is 79.6. The van der Waals surface area contributed by atoms with E-state index < -0.39 is 30.0 Å². The molecule has 6 N–H and O–H groups in total. The monoisotopic (exact) mass is 1530 g/mol. The summed E-state index contributed by atoms with van der Waals surface area (Å²) in [7, 11) is 0. The number of nitrogens with zero attached hydrogens (tertiary/aromatic N) is 1. The number of rotatable bonds is 79. The smallest absolute Gasteiger partial charge is 0.328 e. The standard InChI is InChI=1S/C95H167N7O8/c1-5-9-13-17-21-25-29-33-37-41-45-49-53-57-61-75-89(103)96-79-69-72-86(99-91(105)77-63-59-55-51-47-43-39-35-31-27-23-19-15-11-7-3)93(107)98-81-71-74-88(95(109)110-85-68-67-84-102-82-65-66-83-102)101-94(108)87(100-92(106)78-64-60-56-52-48-44-40-36-32-28-24-20-16-12-8-4)73-70-80-97-90(104)76-62-58-54-50-46-42-38-34-30-26-22-18-14-10-6-2/h21-28,33-40,86-88H,5-20,29-32,41-85H2,1-4H3,(H,96,103)(H,97,104)(H,98,107)(H,99,105)(H,100,106)(H,101,108)/b25-21-,26-22-,27-23-,28-24-,37-33-,38-34-,39-35-,40-36-. The minimum atomic E-state index is -1.06. The molecule has 0 bridgehead atoms. The van der Waals surface area contributed by atoms with Crippen LogP contribution in [0.5, 0.6) is 0 Å². The van der Waals surface area contributed by atoms with Crippen molar-refractivity contribution in [2.75, 3.05) is 45.9 Å². The Balaban J connectivity index is 3.09. The third-order valence-corrected chi connectivity index (χ3v) is 20.6. The van der Waals surface area contributed by atoms with Crippen LogP contribution in [-0.2, 0) is 38.3 Å². The molecule has 0 aromatic carbocycles. The molecule has 1 rings (SSSR count). The molecule has 110 heavy (non-hydrogen) atoms. The largest absolute Gasteiger partial charge is 0.464 e. The molecule has 15 heteroatoms. The van der Waals surface area contributed by atoms with Crippen LogP contribution >= 0.6 is 0 Å². The molecule has 0 aliphatic carbocycles. The number of allylic oxidation sites excluding steroid dienone is 16. The van der Waals surface area contributed by atoms with Crippen LogP contribution in [-0.4, -0.2) is 110 Å². The number of amides is 6. The van der Waals surface area contributed by atoms with E-state index in [0.717, 1.165) is 212 Å². The van der Waals surface area contributed by atoms with Gasteiger partial charge in [-0.05, 0) is 238 Å². The van der Waals surface area contributed by atoms with Crippen molar-refractivity contribution in [1.82, 2.24) is 36.8 Å². The molecule has 1 aliphatic heterocycles. The fourth-order valence-corrected chi connectivity index (χ4v) is 13.6. The minimum absolute atomic E-state index is 0.00704. The summed E-state index contributed by atoms with van der Waals surface area (Å²) in [6.45, 7) is 13.1. The Labute approximate surface area is 674 Å². The van der Waals surface area contributed by atoms with Crippen molar-refractivity contribution >= 4 is 41.4 Å². The number of ether oxygens (including phenoxy) is 1. The summed E-state index contributed by atoms with van der Waals surface area (Å²) in [6, 6.07) is -2.85. The number of nitrogens with one attached hydrogen (secondary N) is 6. The van der Waals surface area contributed by atoms with E-state index in [1.807, 2.05) is 0 Å². The molecule has 0 radical (unpaired) electrons. The first-order valence-corrected chi connectivity index (χ1v) is 45.8. The van der Waals surface area contributed by atoms with Gasteiger partial charge in [-0.25, -0.2) is 4.79 Å². The van der Waals surface area contributed by atoms with Gasteiger partial charge in [-0.15, -0.1) is 0 Å². The van der Waals surface area contributed by atoms with Gasteiger partial charge in [-0.1, -0.05) is 253 Å². The molecule has 0 aromatic heterocycles. The first-order valence-electron chi connectivity index (χ1n) is 45.8. The van der Waals surface area contributed by atoms with E-state index in [1.165, 1.54) is 103 Å². The average molecular weight is 1540 g/mol. The first-order chi connectivity index (χ1) is 54.0. The van der Waals surface area contributed by atoms with Crippen LogP contribution in [0.3, 0.4) is 0 Å². The normalized spacial score (nSPS) is 13.7. The van der Waals surface area contributed by atoms with Crippen LogP contribution in [0.15, 0.2) is 97.2 Å². The van der Waals surface area contributed by atoms with Gasteiger partial charge in [0.1, 0.15) is 18.1 Å². The summed E-state index contributed by atoms with van der Waals surface area (Å²) < 4.78 is 5.89. The van der Waals surface area contributed by atoms with Crippen LogP contribution < -0.4 is 31.9 Å². The van der Waals surface area contributed by atoms with Gasteiger partial charge in [0.25, 0.3) is 0 Å². The van der Waals surface area contributed by atoms with Gasteiger partial charge in [0, 0.05) is 45.3 Å². The summed E-state index contributed by atoms with van der Waals surface area (Å²) in [5, 5.41) is 18.1. The van der Waals surface area contributed by atoms with Crippen LogP contribution in [0.2, 0.25) is 0 Å². The van der Waals surface area contributed by atoms with Crippen LogP contribution in [0.25, 0.3) is 0 Å². The summed E-state index contributed by atoms with van der Waals surface area (Å²) in [5.41, 5.74) is 0. The van der Waals surface area contributed by atoms with Gasteiger partial charge in [-0.2, -0.15) is 0 Å². The zero-order valence-corrected chi connectivity index (χ0v) is 71.1. The van der Waals surface area contributed by atoms with Crippen molar-refractivity contribution in [3.63, 3.8) is 0 Å². The predicted molar refractivity (Wildman–Crippen MR) is 466 cm³/mol. The fourth-order valence-electron chi connectivity index (χ4n) is 13.6. The average Bonchev–Trinajstić information content (AvgIpc) is 0.944. The molecule has 3 atom stereocenters. The molecule has 15 nitrogen and oxygen atoms in total. The second kappa shape index (κ2) is 81.2. The molecule has 0 aromatic rings. The molecular weight excluding hydrogens is 1370 g/mol. The van der Waals surface area contributed by atoms with Gasteiger partial charge in [0.05, 0.1) is 6.61 Å². The molecule has 1 aliphatic rings. The van der Waals surface area contributed by atoms with Gasteiger partial charge < -0.3 is 41.5 Å². The third-order valence-electron chi connectivity index (χ3n) is 20.6. The topological polar surface area (TPSA) is 204 Å². The lowest BCUT2D eigenvalue weighted by atomic mass is 10.1. The number of carbonyl (C=O) groups excluding carboxylic acids is 7. The van der Waals surface area contributed by atoms with Crippen molar-refractivity contribution in [3.05, 3.63) is 97.2 Å². The minimum Gasteiger partial charge on any atom is -0.464 e. The summed E-state index contributed by atoms with van der Waals surface area (Å²) >= 11 is 0. The number of hydrogen-bond acceptors (Lipinski definition) is 9. The molecule has 6 amide bonds. The molecular formula is C95H167N7O8. The highest BCUT2D eigenvalue weighted by Crippen LogP contribution is 2.16. The highest BCUT2D eigenvalue weighted by atomic mass is 16.5. The van der Waals surface area contributed by atoms with E-state index in [9.17, 15) is 33.6 Å². The van der Waals surface area contributed by atoms with Crippen LogP contribution in [0, 0.1) is 0 Å². The van der Waals surface area contributed by atoms with Crippen molar-refractivity contribution in [2.45, 2.75) is 418 Å². The highest BCUT2D eigenvalue weighted by molar-refractivity contribution is 5.91. The molecule has 3 unspecified atom stereocenters. The second-order valence-corrected chi connectivity index (χ2v) is 31.1. The zero-order valence-electron chi connectivity index (χ0n) is 71.1. The molecule has 0 saturated carbocycles. The van der Waals surface area contributed by atoms with Crippen molar-refractivity contribution in [2.24, 2.45) is 0 Å². The number of esters is 1. The Hall–Kier alpha value is -5.83. The molecule has 0 spiro atoms. The van der Waals surface area contributed by atoms with Crippen LogP contribution in [0.1, 0.15) is 400 Å². The van der Waals surface area contributed by atoms with Gasteiger partial charge in [0.2, 0.25) is 35.4 Å². The summed E-state index contributed by atoms with van der Waals surface area (Å²) in [5.74, 6) is -1.87. The van der Waals surface area contributed by atoms with E-state index in [1.54, 1.807) is 0 Å². The number of unbranched alkanes of at least 4 members (excludes halogenated alkanes) is 33. The maximum absolute atomic E-state index is 14.5. The molecule has 1 saturated heterocycles. The maximum Gasteiger partial charge on any atom is 0.328 e. The van der Waals surface area contributed by atoms with Crippen LogP contribution in [0.4, 0.5) is 0 Å². The Morgan fingerprint density at radius 1 is 0.291 bits per heavy atom. The van der Waals surface area contributed by atoms with Crippen molar-refractivity contribution in [1.29, 1.82) is 0 Å². The first kappa shape index (κ1) is 102. The lowest BCUT2D eigenvalue weighted by Crippen LogP contribution is -2.52. The van der Waals surface area contributed by atoms with Gasteiger partial charge in [0.15, 0.2) is 0 Å². The number of hydrogen-bond donors (Lipinski definition) is 6. The van der Waals surface area contributed by atoms with E-state index >= 15 is 0 Å². The number of carbonyl (C=O) groups is 7. The predicted octanol–water partition coefficient (Wildman–Crippen LogP) is 22.8. The van der Waals surface area contributed by atoms with Gasteiger partial charge in [-0.3, -0.25) is 28.8 Å². The van der Waals surface area contributed by atoms with E-state index in [0.29, 0.717) is 70.9 Å². The van der Waals surface area contributed by atoms with E-state index in [2.05, 4.69) is 162 Å². The molecule has 1 heterocycles. The Bertz CT molecular complexity index is 2460. The fraction of sp³-hybridized carbons (Fsp3) is 0.758. The van der Waals surface area contributed by atoms with Gasteiger partial charge >= 0.3 is 5.97 Å². The SMILES string of the molecule is CCCCC/C=C\C/C=C\CCCCCCCC(=O)NCCCC(NC(=O)CCCCCCC/C=C\C/C=C\CCCCC)C(=O)NCCCC(NC(=O)C(CCCNC(=O)CCCCCCC/C=C\C/C=C\CCCCC)NC(=O)CCCCCCC/C=C\C/C=C\CCCCC)C(=O)OCCCCN1CCCC1. The third kappa shape index (κ3) is 70.1. The number of likely N-dealkylation sites (tertiary alicyclic amines) is 1. The Kier molecular flexibility index (Phi) is 75.4. The lowest BCUT2D eigenvalue weighted by Gasteiger charge is -2.23. The maximum atomic E-state index is 14.5. The molecule has 1 fully saturated rings. The van der Waals surface area contributed by atoms with Crippen molar-refractivity contribution < 1.29 is 38.3 Å². The summed E-state index contributed by atoms with van der Waals surface area (Å²) in [6.07, 6.45) is 91.8. The Morgan fingerprint density at radius 3 is 0.927 bits per heavy atom. The van der Waals surface area contributed by atoms with Crippen molar-refractivity contribution in [3.8, 4) is 0 Å². The second-order valence-electron chi connectivity index (χ2n) is 31.1. The lowest BCUT2D eigenvalue weighted by molar-refractivity contribution is -0.148.